The van der Waals surface area contributed by atoms with E-state index in [1.165, 1.54) is 0 Å². The molecule has 1 N–H and O–H groups in total. The summed E-state index contributed by atoms with van der Waals surface area (Å²) in [5, 5.41) is 0. The molecule has 0 radical (unpaired) electrons. The summed E-state index contributed by atoms with van der Waals surface area (Å²) in [4.78, 5) is 18.0. The fourth-order valence-corrected chi connectivity index (χ4v) is 6.71. The van der Waals surface area contributed by atoms with Crippen LogP contribution in [0.1, 0.15) is 22.3 Å². The molecule has 196 valence electrons. The Morgan fingerprint density at radius 3 is 2.08 bits per heavy atom. The maximum absolute atomic E-state index is 13.7. The van der Waals surface area contributed by atoms with Crippen molar-refractivity contribution in [3.8, 4) is 5.75 Å². The number of methoxy groups -OCH3 is 1. The van der Waals surface area contributed by atoms with Crippen molar-refractivity contribution >= 4 is 21.6 Å². The highest BCUT2D eigenvalue weighted by molar-refractivity contribution is 7.89. The number of hydrogen-bond acceptors (Lipinski definition) is 5. The van der Waals surface area contributed by atoms with Gasteiger partial charge in [0.05, 0.1) is 12.0 Å². The van der Waals surface area contributed by atoms with Gasteiger partial charge in [0.2, 0.25) is 15.9 Å². The second kappa shape index (κ2) is 11.4. The zero-order chi connectivity index (χ0) is 26.6. The van der Waals surface area contributed by atoms with Crippen LogP contribution in [-0.2, 0) is 21.2 Å². The summed E-state index contributed by atoms with van der Waals surface area (Å²) >= 11 is 0. The molecule has 7 nitrogen and oxygen atoms in total. The number of nitrogens with zero attached hydrogens (tertiary/aromatic N) is 2. The van der Waals surface area contributed by atoms with Crippen LogP contribution in [0.25, 0.3) is 0 Å². The molecule has 4 rings (SSSR count). The van der Waals surface area contributed by atoms with Crippen molar-refractivity contribution in [1.29, 1.82) is 0 Å². The Bertz CT molecular complexity index is 1310. The molecule has 0 bridgehead atoms. The highest BCUT2D eigenvalue weighted by atomic mass is 32.2. The molecule has 1 amide bonds. The molecular weight excluding hydrogens is 486 g/mol. The summed E-state index contributed by atoms with van der Waals surface area (Å²) in [6.45, 7) is 7.89. The number of anilines is 1. The lowest BCUT2D eigenvalue weighted by atomic mass is 10.1. The van der Waals surface area contributed by atoms with Crippen LogP contribution in [0.15, 0.2) is 71.6 Å². The maximum Gasteiger partial charge on any atom is 0.241 e. The highest BCUT2D eigenvalue weighted by Gasteiger charge is 2.32. The predicted octanol–water partition coefficient (Wildman–Crippen LogP) is 3.86. The van der Waals surface area contributed by atoms with Crippen LogP contribution in [0.3, 0.4) is 0 Å². The number of amides is 1. The first-order valence-corrected chi connectivity index (χ1v) is 14.0. The molecule has 3 aromatic rings. The van der Waals surface area contributed by atoms with Gasteiger partial charge >= 0.3 is 0 Å². The van der Waals surface area contributed by atoms with Crippen LogP contribution in [0.5, 0.6) is 5.75 Å². The Morgan fingerprint density at radius 1 is 0.919 bits per heavy atom. The van der Waals surface area contributed by atoms with Gasteiger partial charge in [-0.05, 0) is 68.1 Å². The van der Waals surface area contributed by atoms with Crippen molar-refractivity contribution in [3.05, 3.63) is 89.0 Å². The zero-order valence-corrected chi connectivity index (χ0v) is 22.7. The molecule has 1 saturated heterocycles. The monoisotopic (exact) mass is 521 g/mol. The number of carbonyl (C=O) groups excluding carboxylic acids is 1. The summed E-state index contributed by atoms with van der Waals surface area (Å²) in [5.74, 6) is 0.594. The average molecular weight is 522 g/mol. The highest BCUT2D eigenvalue weighted by Crippen LogP contribution is 2.24. The molecule has 1 heterocycles. The van der Waals surface area contributed by atoms with Crippen molar-refractivity contribution in [1.82, 2.24) is 9.62 Å². The van der Waals surface area contributed by atoms with E-state index in [0.717, 1.165) is 22.6 Å². The molecule has 1 aliphatic heterocycles. The van der Waals surface area contributed by atoms with E-state index in [0.29, 0.717) is 37.3 Å². The van der Waals surface area contributed by atoms with Gasteiger partial charge in [0.15, 0.2) is 0 Å². The molecule has 0 spiro atoms. The van der Waals surface area contributed by atoms with E-state index >= 15 is 0 Å². The van der Waals surface area contributed by atoms with E-state index in [2.05, 4.69) is 9.62 Å². The number of benzene rings is 3. The lowest BCUT2D eigenvalue weighted by Crippen LogP contribution is -2.55. The predicted molar refractivity (Wildman–Crippen MR) is 147 cm³/mol. The average Bonchev–Trinajstić information content (AvgIpc) is 2.88. The molecule has 1 unspecified atom stereocenters. The number of nitrogens with one attached hydrogen (secondary N) is 1. The fraction of sp³-hybridized carbons (Fsp3) is 0.345. The van der Waals surface area contributed by atoms with Crippen LogP contribution in [-0.4, -0.2) is 58.6 Å². The summed E-state index contributed by atoms with van der Waals surface area (Å²) in [5.41, 5.74) is 4.31. The fourth-order valence-electron chi connectivity index (χ4n) is 5.06. The van der Waals surface area contributed by atoms with Crippen LogP contribution in [0, 0.1) is 20.8 Å². The van der Waals surface area contributed by atoms with Crippen LogP contribution in [0.4, 0.5) is 5.69 Å². The van der Waals surface area contributed by atoms with E-state index in [-0.39, 0.29) is 17.2 Å². The van der Waals surface area contributed by atoms with Crippen molar-refractivity contribution in [2.45, 2.75) is 38.1 Å². The number of rotatable bonds is 8. The molecule has 0 aromatic heterocycles. The first-order chi connectivity index (χ1) is 17.7. The number of hydrogen-bond donors (Lipinski definition) is 1. The molecule has 1 fully saturated rings. The molecular formula is C29H35N3O4S. The summed E-state index contributed by atoms with van der Waals surface area (Å²) in [6, 6.07) is 20.2. The molecule has 37 heavy (non-hydrogen) atoms. The number of carbonyl (C=O) groups is 1. The normalized spacial score (nSPS) is 14.9. The van der Waals surface area contributed by atoms with E-state index in [4.69, 9.17) is 4.74 Å². The summed E-state index contributed by atoms with van der Waals surface area (Å²) in [6.07, 6.45) is 0.279. The van der Waals surface area contributed by atoms with Gasteiger partial charge in [-0.2, -0.15) is 4.72 Å². The van der Waals surface area contributed by atoms with Crippen molar-refractivity contribution < 1.29 is 17.9 Å². The lowest BCUT2D eigenvalue weighted by molar-refractivity contribution is -0.133. The molecule has 0 aliphatic carbocycles. The molecule has 0 saturated carbocycles. The summed E-state index contributed by atoms with van der Waals surface area (Å²) in [7, 11) is -2.28. The standard InChI is InChI=1S/C29H35N3O4S/c1-21-18-22(2)28(23(3)19-21)37(34,35)30-27(20-24-8-6-5-7-9-24)29(33)32-16-14-31(15-17-32)25-10-12-26(36-4)13-11-25/h5-13,18-19,27,30H,14-17,20H2,1-4H3. The van der Waals surface area contributed by atoms with Crippen LogP contribution >= 0.6 is 0 Å². The Labute approximate surface area is 220 Å². The Hall–Kier alpha value is -3.36. The summed E-state index contributed by atoms with van der Waals surface area (Å²) < 4.78 is 35.1. The molecule has 3 aromatic carbocycles. The third-order valence-electron chi connectivity index (χ3n) is 6.78. The van der Waals surface area contributed by atoms with E-state index in [1.54, 1.807) is 25.9 Å². The van der Waals surface area contributed by atoms with E-state index < -0.39 is 16.1 Å². The SMILES string of the molecule is COc1ccc(N2CCN(C(=O)C(Cc3ccccc3)NS(=O)(=O)c3c(C)cc(C)cc3C)CC2)cc1. The van der Waals surface area contributed by atoms with Gasteiger partial charge in [-0.1, -0.05) is 48.0 Å². The second-order valence-electron chi connectivity index (χ2n) is 9.60. The van der Waals surface area contributed by atoms with Crippen LogP contribution < -0.4 is 14.4 Å². The number of aryl methyl sites for hydroxylation is 3. The van der Waals surface area contributed by atoms with Gasteiger partial charge in [0.1, 0.15) is 11.8 Å². The second-order valence-corrected chi connectivity index (χ2v) is 11.3. The maximum atomic E-state index is 13.7. The number of sulfonamides is 1. The van der Waals surface area contributed by atoms with Crippen molar-refractivity contribution in [2.75, 3.05) is 38.2 Å². The smallest absolute Gasteiger partial charge is 0.241 e. The molecule has 1 atom stereocenters. The minimum atomic E-state index is -3.92. The third kappa shape index (κ3) is 6.32. The first kappa shape index (κ1) is 26.7. The zero-order valence-electron chi connectivity index (χ0n) is 21.9. The third-order valence-corrected chi connectivity index (χ3v) is 8.56. The number of ether oxygens (including phenoxy) is 1. The largest absolute Gasteiger partial charge is 0.497 e. The lowest BCUT2D eigenvalue weighted by Gasteiger charge is -2.37. The van der Waals surface area contributed by atoms with Crippen LogP contribution in [0.2, 0.25) is 0 Å². The van der Waals surface area contributed by atoms with E-state index in [1.807, 2.05) is 73.7 Å². The van der Waals surface area contributed by atoms with E-state index in [9.17, 15) is 13.2 Å². The Kier molecular flexibility index (Phi) is 8.19. The number of piperazine rings is 1. The van der Waals surface area contributed by atoms with Gasteiger partial charge in [0, 0.05) is 31.9 Å². The minimum absolute atomic E-state index is 0.204. The van der Waals surface area contributed by atoms with Gasteiger partial charge in [-0.25, -0.2) is 8.42 Å². The first-order valence-electron chi connectivity index (χ1n) is 12.5. The Morgan fingerprint density at radius 2 is 1.51 bits per heavy atom. The van der Waals surface area contributed by atoms with Gasteiger partial charge in [-0.3, -0.25) is 4.79 Å². The topological polar surface area (TPSA) is 79.0 Å². The molecule has 8 heteroatoms. The van der Waals surface area contributed by atoms with Gasteiger partial charge in [0.25, 0.3) is 0 Å². The minimum Gasteiger partial charge on any atom is -0.497 e. The van der Waals surface area contributed by atoms with Crippen molar-refractivity contribution in [3.63, 3.8) is 0 Å². The van der Waals surface area contributed by atoms with Gasteiger partial charge in [-0.15, -0.1) is 0 Å². The quantitative estimate of drug-likeness (QED) is 0.487. The Balaban J connectivity index is 1.53. The van der Waals surface area contributed by atoms with Crippen molar-refractivity contribution in [2.24, 2.45) is 0 Å². The van der Waals surface area contributed by atoms with Gasteiger partial charge < -0.3 is 14.5 Å². The molecule has 1 aliphatic rings.